The van der Waals surface area contributed by atoms with Crippen LogP contribution in [0.2, 0.25) is 0 Å². The van der Waals surface area contributed by atoms with E-state index in [1.807, 2.05) is 42.3 Å². The number of amides is 1. The van der Waals surface area contributed by atoms with Crippen LogP contribution in [0.1, 0.15) is 12.8 Å². The third kappa shape index (κ3) is 3.47. The highest BCUT2D eigenvalue weighted by Crippen LogP contribution is 2.29. The summed E-state index contributed by atoms with van der Waals surface area (Å²) in [7, 11) is -1.66. The van der Waals surface area contributed by atoms with E-state index in [0.29, 0.717) is 26.1 Å². The van der Waals surface area contributed by atoms with Crippen LogP contribution < -0.4 is 0 Å². The van der Waals surface area contributed by atoms with E-state index in [1.165, 1.54) is 4.31 Å². The molecule has 2 aliphatic heterocycles. The number of nitrogens with zero attached hydrogens (tertiary/aromatic N) is 3. The van der Waals surface area contributed by atoms with E-state index in [2.05, 4.69) is 4.90 Å². The Kier molecular flexibility index (Phi) is 4.92. The molecule has 2 aliphatic rings. The maximum absolute atomic E-state index is 13.3. The van der Waals surface area contributed by atoms with E-state index in [0.717, 1.165) is 30.3 Å². The molecule has 2 heterocycles. The van der Waals surface area contributed by atoms with Gasteiger partial charge in [-0.1, -0.05) is 30.3 Å². The van der Waals surface area contributed by atoms with Crippen LogP contribution >= 0.6 is 0 Å². The van der Waals surface area contributed by atoms with E-state index in [9.17, 15) is 13.2 Å². The van der Waals surface area contributed by atoms with Crippen molar-refractivity contribution >= 4 is 26.7 Å². The van der Waals surface area contributed by atoms with Crippen LogP contribution in [0.5, 0.6) is 0 Å². The Morgan fingerprint density at radius 3 is 2.41 bits per heavy atom. The molecule has 0 bridgehead atoms. The first-order valence-corrected chi connectivity index (χ1v) is 10.9. The van der Waals surface area contributed by atoms with Gasteiger partial charge in [0.25, 0.3) is 0 Å². The third-order valence-corrected chi connectivity index (χ3v) is 7.54. The van der Waals surface area contributed by atoms with Gasteiger partial charge in [-0.3, -0.25) is 4.79 Å². The molecule has 0 spiro atoms. The molecule has 0 N–H and O–H groups in total. The van der Waals surface area contributed by atoms with Crippen molar-refractivity contribution in [3.05, 3.63) is 42.5 Å². The minimum absolute atomic E-state index is 0.0510. The van der Waals surface area contributed by atoms with Crippen LogP contribution in [-0.4, -0.2) is 74.2 Å². The molecule has 1 unspecified atom stereocenters. The molecule has 27 heavy (non-hydrogen) atoms. The van der Waals surface area contributed by atoms with Gasteiger partial charge in [0.15, 0.2) is 0 Å². The highest BCUT2D eigenvalue weighted by molar-refractivity contribution is 7.89. The Labute approximate surface area is 160 Å². The van der Waals surface area contributed by atoms with Gasteiger partial charge in [-0.2, -0.15) is 4.31 Å². The lowest BCUT2D eigenvalue weighted by Gasteiger charge is -2.35. The minimum Gasteiger partial charge on any atom is -0.339 e. The fourth-order valence-electron chi connectivity index (χ4n) is 3.98. The number of piperazine rings is 1. The Morgan fingerprint density at radius 2 is 1.67 bits per heavy atom. The predicted molar refractivity (Wildman–Crippen MR) is 105 cm³/mol. The number of benzene rings is 2. The minimum atomic E-state index is -3.70. The molecule has 144 valence electrons. The van der Waals surface area contributed by atoms with E-state index in [-0.39, 0.29) is 10.8 Å². The summed E-state index contributed by atoms with van der Waals surface area (Å²) in [5.74, 6) is -0.0510. The number of likely N-dealkylation sites (N-methyl/N-ethyl adjacent to an activating group) is 1. The monoisotopic (exact) mass is 387 g/mol. The van der Waals surface area contributed by atoms with Gasteiger partial charge in [-0.05, 0) is 42.8 Å². The molecule has 2 saturated heterocycles. The van der Waals surface area contributed by atoms with Crippen LogP contribution in [0.4, 0.5) is 0 Å². The molecule has 4 rings (SSSR count). The fourth-order valence-corrected chi connectivity index (χ4v) is 5.66. The van der Waals surface area contributed by atoms with Crippen molar-refractivity contribution in [1.82, 2.24) is 14.1 Å². The Morgan fingerprint density at radius 1 is 0.963 bits per heavy atom. The van der Waals surface area contributed by atoms with Gasteiger partial charge in [0, 0.05) is 32.7 Å². The summed E-state index contributed by atoms with van der Waals surface area (Å²) in [5.41, 5.74) is 0. The molecule has 2 fully saturated rings. The number of fused-ring (bicyclic) bond motifs is 1. The Hall–Kier alpha value is -1.96. The second-order valence-electron chi connectivity index (χ2n) is 7.41. The molecule has 0 radical (unpaired) electrons. The number of carbonyl (C=O) groups is 1. The molecule has 0 saturated carbocycles. The maximum atomic E-state index is 13.3. The average molecular weight is 388 g/mol. The molecule has 1 amide bonds. The van der Waals surface area contributed by atoms with E-state index in [1.54, 1.807) is 12.1 Å². The fraction of sp³-hybridized carbons (Fsp3) is 0.450. The van der Waals surface area contributed by atoms with E-state index >= 15 is 0 Å². The molecule has 0 aromatic heterocycles. The van der Waals surface area contributed by atoms with Crippen molar-refractivity contribution < 1.29 is 13.2 Å². The Balaban J connectivity index is 1.60. The van der Waals surface area contributed by atoms with Crippen molar-refractivity contribution in [2.45, 2.75) is 23.8 Å². The summed E-state index contributed by atoms with van der Waals surface area (Å²) >= 11 is 0. The van der Waals surface area contributed by atoms with Gasteiger partial charge in [-0.15, -0.1) is 0 Å². The van der Waals surface area contributed by atoms with Crippen LogP contribution in [0.25, 0.3) is 10.8 Å². The number of hydrogen-bond donors (Lipinski definition) is 0. The van der Waals surface area contributed by atoms with Gasteiger partial charge in [-0.25, -0.2) is 8.42 Å². The molecular weight excluding hydrogens is 362 g/mol. The zero-order chi connectivity index (χ0) is 19.0. The van der Waals surface area contributed by atoms with Crippen molar-refractivity contribution in [2.75, 3.05) is 39.8 Å². The second-order valence-corrected chi connectivity index (χ2v) is 9.30. The zero-order valence-electron chi connectivity index (χ0n) is 15.5. The SMILES string of the molecule is CN1CCN(C(=O)C2CCCN2S(=O)(=O)c2ccc3ccccc3c2)CC1. The molecule has 0 aliphatic carbocycles. The van der Waals surface area contributed by atoms with Crippen molar-refractivity contribution in [1.29, 1.82) is 0 Å². The lowest BCUT2D eigenvalue weighted by molar-refractivity contribution is -0.136. The van der Waals surface area contributed by atoms with Crippen molar-refractivity contribution in [3.8, 4) is 0 Å². The van der Waals surface area contributed by atoms with Gasteiger partial charge in [0.2, 0.25) is 15.9 Å². The summed E-state index contributed by atoms with van der Waals surface area (Å²) in [6.07, 6.45) is 1.31. The van der Waals surface area contributed by atoms with Gasteiger partial charge in [0.05, 0.1) is 4.90 Å². The number of sulfonamides is 1. The summed E-state index contributed by atoms with van der Waals surface area (Å²) in [4.78, 5) is 17.3. The maximum Gasteiger partial charge on any atom is 0.243 e. The average Bonchev–Trinajstić information content (AvgIpc) is 3.18. The van der Waals surface area contributed by atoms with E-state index < -0.39 is 16.1 Å². The van der Waals surface area contributed by atoms with Crippen LogP contribution in [0, 0.1) is 0 Å². The Bertz CT molecular complexity index is 952. The molecular formula is C20H25N3O3S. The normalized spacial score (nSPS) is 22.4. The molecule has 1 atom stereocenters. The van der Waals surface area contributed by atoms with Crippen LogP contribution in [0.3, 0.4) is 0 Å². The highest BCUT2D eigenvalue weighted by atomic mass is 32.2. The standard InChI is InChI=1S/C20H25N3O3S/c1-21-11-13-22(14-12-21)20(24)19-7-4-10-23(19)27(25,26)18-9-8-16-5-2-3-6-17(16)15-18/h2-3,5-6,8-9,15,19H,4,7,10-14H2,1H3. The second kappa shape index (κ2) is 7.22. The van der Waals surface area contributed by atoms with Gasteiger partial charge < -0.3 is 9.80 Å². The zero-order valence-corrected chi connectivity index (χ0v) is 16.4. The highest BCUT2D eigenvalue weighted by Gasteiger charge is 2.41. The molecule has 6 nitrogen and oxygen atoms in total. The first-order chi connectivity index (χ1) is 13.0. The summed E-state index contributed by atoms with van der Waals surface area (Å²) in [5, 5.41) is 1.89. The van der Waals surface area contributed by atoms with Crippen molar-refractivity contribution in [2.24, 2.45) is 0 Å². The molecule has 2 aromatic rings. The van der Waals surface area contributed by atoms with E-state index in [4.69, 9.17) is 0 Å². The van der Waals surface area contributed by atoms with Crippen LogP contribution in [0.15, 0.2) is 47.4 Å². The van der Waals surface area contributed by atoms with Gasteiger partial charge >= 0.3 is 0 Å². The first kappa shape index (κ1) is 18.4. The smallest absolute Gasteiger partial charge is 0.243 e. The van der Waals surface area contributed by atoms with Gasteiger partial charge in [0.1, 0.15) is 6.04 Å². The summed E-state index contributed by atoms with van der Waals surface area (Å²) in [6, 6.07) is 12.3. The number of rotatable bonds is 3. The topological polar surface area (TPSA) is 60.9 Å². The number of carbonyl (C=O) groups excluding carboxylic acids is 1. The van der Waals surface area contributed by atoms with Crippen molar-refractivity contribution in [3.63, 3.8) is 0 Å². The lowest BCUT2D eigenvalue weighted by Crippen LogP contribution is -2.53. The lowest BCUT2D eigenvalue weighted by atomic mass is 10.1. The summed E-state index contributed by atoms with van der Waals surface area (Å²) in [6.45, 7) is 3.39. The van der Waals surface area contributed by atoms with Crippen LogP contribution in [-0.2, 0) is 14.8 Å². The largest absolute Gasteiger partial charge is 0.339 e. The molecule has 7 heteroatoms. The number of hydrogen-bond acceptors (Lipinski definition) is 4. The third-order valence-electron chi connectivity index (χ3n) is 5.63. The first-order valence-electron chi connectivity index (χ1n) is 9.45. The quantitative estimate of drug-likeness (QED) is 0.805. The summed E-state index contributed by atoms with van der Waals surface area (Å²) < 4.78 is 28.0. The predicted octanol–water partition coefficient (Wildman–Crippen LogP) is 1.77. The molecule has 2 aromatic carbocycles.